The second-order valence-corrected chi connectivity index (χ2v) is 9.30. The van der Waals surface area contributed by atoms with Crippen molar-refractivity contribution in [3.05, 3.63) is 101 Å². The molecule has 0 spiro atoms. The second-order valence-electron chi connectivity index (χ2n) is 9.30. The normalized spacial score (nSPS) is 14.4. The van der Waals surface area contributed by atoms with Gasteiger partial charge in [0.1, 0.15) is 6.07 Å². The fraction of sp³-hybridized carbons (Fsp3) is 0.367. The molecule has 0 bridgehead atoms. The number of nitrogens with one attached hydrogen (secondary N) is 1. The van der Waals surface area contributed by atoms with Crippen molar-refractivity contribution in [1.29, 1.82) is 5.26 Å². The molecular formula is C30H35N3O. The highest BCUT2D eigenvalue weighted by Gasteiger charge is 2.23. The van der Waals surface area contributed by atoms with Gasteiger partial charge in [0, 0.05) is 31.8 Å². The summed E-state index contributed by atoms with van der Waals surface area (Å²) in [7, 11) is 0. The lowest BCUT2D eigenvalue weighted by atomic mass is 9.98. The number of hydrogen-bond donors (Lipinski definition) is 1. The number of nitrogens with zero attached hydrogens (tertiary/aromatic N) is 2. The van der Waals surface area contributed by atoms with Gasteiger partial charge in [-0.25, -0.2) is 0 Å². The molecule has 34 heavy (non-hydrogen) atoms. The van der Waals surface area contributed by atoms with Crippen LogP contribution in [0.1, 0.15) is 54.1 Å². The Morgan fingerprint density at radius 1 is 1.00 bits per heavy atom. The molecule has 4 nitrogen and oxygen atoms in total. The standard InChI is InChI=1S/C30H35N3O/c1-23(32-24(2)27-12-7-4-8-13-27)18-26-19-28-14-16-33(30(28)29(20-26)21-31)15-9-17-34-22-25-10-5-3-6-11-25/h3-8,10-13,19-20,23-24,32H,9,14-18,22H2,1-2H3. The molecule has 4 heteroatoms. The average Bonchev–Trinajstić information content (AvgIpc) is 3.27. The van der Waals surface area contributed by atoms with Crippen LogP contribution in [-0.2, 0) is 24.2 Å². The van der Waals surface area contributed by atoms with E-state index in [2.05, 4.69) is 84.7 Å². The summed E-state index contributed by atoms with van der Waals surface area (Å²) in [5.41, 5.74) is 6.98. The van der Waals surface area contributed by atoms with E-state index < -0.39 is 0 Å². The second kappa shape index (κ2) is 11.8. The lowest BCUT2D eigenvalue weighted by molar-refractivity contribution is 0.119. The Kier molecular flexibility index (Phi) is 8.36. The Hall–Kier alpha value is -3.13. The van der Waals surface area contributed by atoms with E-state index >= 15 is 0 Å². The van der Waals surface area contributed by atoms with E-state index in [0.29, 0.717) is 18.7 Å². The van der Waals surface area contributed by atoms with Crippen molar-refractivity contribution < 1.29 is 4.74 Å². The fourth-order valence-electron chi connectivity index (χ4n) is 4.92. The molecule has 1 N–H and O–H groups in total. The SMILES string of the molecule is CC(Cc1cc(C#N)c2c(c1)CCN2CCCOCc1ccccc1)NC(C)c1ccccc1. The zero-order valence-corrected chi connectivity index (χ0v) is 20.3. The van der Waals surface area contributed by atoms with Gasteiger partial charge in [-0.2, -0.15) is 5.26 Å². The Morgan fingerprint density at radius 2 is 1.74 bits per heavy atom. The van der Waals surface area contributed by atoms with Gasteiger partial charge in [0.25, 0.3) is 0 Å². The van der Waals surface area contributed by atoms with Gasteiger partial charge in [0.05, 0.1) is 17.9 Å². The van der Waals surface area contributed by atoms with Gasteiger partial charge in [-0.15, -0.1) is 0 Å². The Morgan fingerprint density at radius 3 is 2.47 bits per heavy atom. The summed E-state index contributed by atoms with van der Waals surface area (Å²) < 4.78 is 5.85. The van der Waals surface area contributed by atoms with Crippen LogP contribution in [0.3, 0.4) is 0 Å². The molecule has 176 valence electrons. The minimum absolute atomic E-state index is 0.292. The maximum atomic E-state index is 9.89. The number of benzene rings is 3. The molecule has 0 aliphatic carbocycles. The highest BCUT2D eigenvalue weighted by Crippen LogP contribution is 2.33. The van der Waals surface area contributed by atoms with Gasteiger partial charge in [0.15, 0.2) is 0 Å². The Labute approximate surface area is 204 Å². The van der Waals surface area contributed by atoms with Crippen molar-refractivity contribution in [2.24, 2.45) is 0 Å². The fourth-order valence-corrected chi connectivity index (χ4v) is 4.92. The smallest absolute Gasteiger partial charge is 0.101 e. The average molecular weight is 454 g/mol. The van der Waals surface area contributed by atoms with E-state index in [-0.39, 0.29) is 0 Å². The molecule has 0 aromatic heterocycles. The molecule has 2 atom stereocenters. The third-order valence-corrected chi connectivity index (χ3v) is 6.54. The van der Waals surface area contributed by atoms with E-state index in [1.807, 2.05) is 18.2 Å². The van der Waals surface area contributed by atoms with Gasteiger partial charge in [-0.3, -0.25) is 0 Å². The Bertz CT molecular complexity index is 1090. The van der Waals surface area contributed by atoms with E-state index in [0.717, 1.165) is 50.2 Å². The number of anilines is 1. The maximum absolute atomic E-state index is 9.89. The first-order valence-electron chi connectivity index (χ1n) is 12.4. The van der Waals surface area contributed by atoms with Crippen molar-refractivity contribution in [2.75, 3.05) is 24.6 Å². The van der Waals surface area contributed by atoms with Gasteiger partial charge in [-0.05, 0) is 61.4 Å². The van der Waals surface area contributed by atoms with Crippen molar-refractivity contribution in [3.63, 3.8) is 0 Å². The first-order valence-corrected chi connectivity index (χ1v) is 12.4. The van der Waals surface area contributed by atoms with Crippen LogP contribution in [0.25, 0.3) is 0 Å². The van der Waals surface area contributed by atoms with Crippen LogP contribution in [0.4, 0.5) is 5.69 Å². The largest absolute Gasteiger partial charge is 0.377 e. The molecule has 4 rings (SSSR count). The monoisotopic (exact) mass is 453 g/mol. The van der Waals surface area contributed by atoms with Crippen LogP contribution >= 0.6 is 0 Å². The van der Waals surface area contributed by atoms with Crippen molar-refractivity contribution in [3.8, 4) is 6.07 Å². The molecule has 0 amide bonds. The summed E-state index contributed by atoms with van der Waals surface area (Å²) in [6.07, 6.45) is 2.87. The molecule has 0 saturated carbocycles. The molecular weight excluding hydrogens is 418 g/mol. The van der Waals surface area contributed by atoms with Crippen molar-refractivity contribution in [1.82, 2.24) is 5.32 Å². The number of nitriles is 1. The summed E-state index contributed by atoms with van der Waals surface area (Å²) in [6, 6.07) is 28.3. The number of fused-ring (bicyclic) bond motifs is 1. The van der Waals surface area contributed by atoms with Crippen LogP contribution in [0.5, 0.6) is 0 Å². The molecule has 3 aromatic rings. The van der Waals surface area contributed by atoms with E-state index in [1.54, 1.807) is 0 Å². The third kappa shape index (κ3) is 6.26. The summed E-state index contributed by atoms with van der Waals surface area (Å²) in [6.45, 7) is 7.70. The van der Waals surface area contributed by atoms with E-state index in [9.17, 15) is 5.26 Å². The summed E-state index contributed by atoms with van der Waals surface area (Å²) in [5.74, 6) is 0. The van der Waals surface area contributed by atoms with Gasteiger partial charge < -0.3 is 15.0 Å². The molecule has 1 aliphatic heterocycles. The maximum Gasteiger partial charge on any atom is 0.101 e. The quantitative estimate of drug-likeness (QED) is 0.372. The van der Waals surface area contributed by atoms with Gasteiger partial charge >= 0.3 is 0 Å². The zero-order chi connectivity index (χ0) is 23.8. The predicted molar refractivity (Wildman–Crippen MR) is 139 cm³/mol. The molecule has 1 heterocycles. The molecule has 0 radical (unpaired) electrons. The summed E-state index contributed by atoms with van der Waals surface area (Å²) in [4.78, 5) is 2.36. The van der Waals surface area contributed by atoms with Crippen LogP contribution < -0.4 is 10.2 Å². The van der Waals surface area contributed by atoms with Crippen molar-refractivity contribution in [2.45, 2.75) is 51.8 Å². The predicted octanol–water partition coefficient (Wildman–Crippen LogP) is 5.81. The summed E-state index contributed by atoms with van der Waals surface area (Å²) in [5, 5.41) is 13.6. The molecule has 3 aromatic carbocycles. The third-order valence-electron chi connectivity index (χ3n) is 6.54. The minimum atomic E-state index is 0.292. The van der Waals surface area contributed by atoms with Crippen LogP contribution in [0.2, 0.25) is 0 Å². The van der Waals surface area contributed by atoms with Gasteiger partial charge in [-0.1, -0.05) is 66.7 Å². The first-order chi connectivity index (χ1) is 16.6. The van der Waals surface area contributed by atoms with Crippen LogP contribution in [0, 0.1) is 11.3 Å². The van der Waals surface area contributed by atoms with E-state index in [4.69, 9.17) is 4.74 Å². The topological polar surface area (TPSA) is 48.3 Å². The number of rotatable bonds is 11. The van der Waals surface area contributed by atoms with Crippen LogP contribution in [0.15, 0.2) is 72.8 Å². The number of ether oxygens (including phenoxy) is 1. The van der Waals surface area contributed by atoms with Crippen molar-refractivity contribution >= 4 is 5.69 Å². The zero-order valence-electron chi connectivity index (χ0n) is 20.3. The minimum Gasteiger partial charge on any atom is -0.377 e. The van der Waals surface area contributed by atoms with E-state index in [1.165, 1.54) is 22.3 Å². The molecule has 0 fully saturated rings. The molecule has 0 saturated heterocycles. The Balaban J connectivity index is 1.31. The lowest BCUT2D eigenvalue weighted by Crippen LogP contribution is -2.30. The molecule has 1 aliphatic rings. The summed E-state index contributed by atoms with van der Waals surface area (Å²) >= 11 is 0. The highest BCUT2D eigenvalue weighted by atomic mass is 16.5. The molecule has 2 unspecified atom stereocenters. The number of hydrogen-bond acceptors (Lipinski definition) is 4. The lowest BCUT2D eigenvalue weighted by Gasteiger charge is -2.22. The highest BCUT2D eigenvalue weighted by molar-refractivity contribution is 5.68. The van der Waals surface area contributed by atoms with Crippen LogP contribution in [-0.4, -0.2) is 25.7 Å². The van der Waals surface area contributed by atoms with Gasteiger partial charge in [0.2, 0.25) is 0 Å². The first kappa shape index (κ1) is 24.0.